The standard InChI is InChI=1S/C32H39BFN3O5/c1-30(2,3)40-29(39)36-22-16-23-11-12-24(17-22)37(23)28(38)20-10-13-26(33-41-31(4,5)32(6,7)42-33)25(14-20)19-8-9-21(18-35)27(34)15-19/h8-10,13-15,22-24H,11-12,16-17H2,1-7H3,(H,36,39)/t22-,23+,24-. The first kappa shape index (κ1) is 30.1. The van der Waals surface area contributed by atoms with Gasteiger partial charge in [0.1, 0.15) is 17.5 Å². The van der Waals surface area contributed by atoms with E-state index in [2.05, 4.69) is 5.32 Å². The summed E-state index contributed by atoms with van der Waals surface area (Å²) in [6.45, 7) is 13.3. The molecule has 0 aromatic heterocycles. The molecule has 0 unspecified atom stereocenters. The summed E-state index contributed by atoms with van der Waals surface area (Å²) in [6, 6.07) is 11.6. The van der Waals surface area contributed by atoms with Gasteiger partial charge in [-0.1, -0.05) is 12.1 Å². The van der Waals surface area contributed by atoms with Crippen molar-refractivity contribution >= 4 is 24.6 Å². The number of benzene rings is 2. The molecule has 3 atom stereocenters. The molecule has 2 aromatic carbocycles. The Hall–Kier alpha value is -3.42. The van der Waals surface area contributed by atoms with Crippen LogP contribution in [0.15, 0.2) is 36.4 Å². The second-order valence-corrected chi connectivity index (χ2v) is 13.6. The Morgan fingerprint density at radius 2 is 1.67 bits per heavy atom. The highest BCUT2D eigenvalue weighted by atomic mass is 19.1. The van der Waals surface area contributed by atoms with Crippen molar-refractivity contribution in [3.63, 3.8) is 0 Å². The Bertz CT molecular complexity index is 1420. The van der Waals surface area contributed by atoms with E-state index in [-0.39, 0.29) is 29.6 Å². The SMILES string of the molecule is CC(C)(C)OC(=O)N[C@H]1C[C@H]2CC[C@@H](C1)N2C(=O)c1ccc(B2OC(C)(C)C(C)(C)O2)c(-c2ccc(C#N)c(F)c2)c1. The lowest BCUT2D eigenvalue weighted by Gasteiger charge is -2.39. The minimum atomic E-state index is -0.723. The molecule has 3 heterocycles. The number of nitriles is 1. The van der Waals surface area contributed by atoms with Crippen LogP contribution in [0, 0.1) is 17.1 Å². The van der Waals surface area contributed by atoms with Gasteiger partial charge in [-0.2, -0.15) is 5.26 Å². The summed E-state index contributed by atoms with van der Waals surface area (Å²) < 4.78 is 32.8. The maximum Gasteiger partial charge on any atom is 0.495 e. The number of ether oxygens (including phenoxy) is 1. The minimum absolute atomic E-state index is 0.00485. The summed E-state index contributed by atoms with van der Waals surface area (Å²) in [6.07, 6.45) is 2.59. The largest absolute Gasteiger partial charge is 0.495 e. The number of carbonyl (C=O) groups is 2. The van der Waals surface area contributed by atoms with Crippen molar-refractivity contribution in [2.75, 3.05) is 0 Å². The van der Waals surface area contributed by atoms with Gasteiger partial charge < -0.3 is 24.3 Å². The molecule has 3 saturated heterocycles. The lowest BCUT2D eigenvalue weighted by Crippen LogP contribution is -2.53. The molecule has 0 saturated carbocycles. The van der Waals surface area contributed by atoms with Crippen LogP contribution >= 0.6 is 0 Å². The molecule has 2 amide bonds. The van der Waals surface area contributed by atoms with Gasteiger partial charge in [-0.05, 0) is 115 Å². The van der Waals surface area contributed by atoms with Crippen molar-refractivity contribution in [1.29, 1.82) is 5.26 Å². The van der Waals surface area contributed by atoms with Crippen molar-refractivity contribution in [3.8, 4) is 17.2 Å². The number of hydrogen-bond acceptors (Lipinski definition) is 6. The van der Waals surface area contributed by atoms with Gasteiger partial charge in [0.2, 0.25) is 0 Å². The summed E-state index contributed by atoms with van der Waals surface area (Å²) >= 11 is 0. The maximum absolute atomic E-state index is 14.8. The predicted molar refractivity (Wildman–Crippen MR) is 158 cm³/mol. The lowest BCUT2D eigenvalue weighted by molar-refractivity contribution is 0.00578. The molecule has 0 radical (unpaired) electrons. The molecule has 2 aromatic rings. The van der Waals surface area contributed by atoms with Gasteiger partial charge in [0.25, 0.3) is 5.91 Å². The molecule has 0 spiro atoms. The number of amides is 2. The highest BCUT2D eigenvalue weighted by Gasteiger charge is 2.52. The van der Waals surface area contributed by atoms with Gasteiger partial charge in [0.15, 0.2) is 0 Å². The molecule has 5 rings (SSSR count). The van der Waals surface area contributed by atoms with E-state index in [0.717, 1.165) is 12.8 Å². The molecule has 3 aliphatic heterocycles. The van der Waals surface area contributed by atoms with E-state index in [9.17, 15) is 19.2 Å². The highest BCUT2D eigenvalue weighted by Crippen LogP contribution is 2.39. The number of carbonyl (C=O) groups excluding carboxylic acids is 2. The summed E-state index contributed by atoms with van der Waals surface area (Å²) in [4.78, 5) is 28.3. The third-order valence-electron chi connectivity index (χ3n) is 8.90. The fourth-order valence-electron chi connectivity index (χ4n) is 6.14. The quantitative estimate of drug-likeness (QED) is 0.495. The van der Waals surface area contributed by atoms with Crippen LogP contribution in [0.3, 0.4) is 0 Å². The van der Waals surface area contributed by atoms with Gasteiger partial charge in [0, 0.05) is 23.7 Å². The van der Waals surface area contributed by atoms with Crippen molar-refractivity contribution < 1.29 is 28.0 Å². The number of halogens is 1. The first-order chi connectivity index (χ1) is 19.6. The van der Waals surface area contributed by atoms with E-state index in [1.165, 1.54) is 12.1 Å². The third kappa shape index (κ3) is 5.77. The molecule has 222 valence electrons. The second-order valence-electron chi connectivity index (χ2n) is 13.6. The molecular formula is C32H39BFN3O5. The van der Waals surface area contributed by atoms with Gasteiger partial charge in [-0.3, -0.25) is 4.79 Å². The van der Waals surface area contributed by atoms with Crippen LogP contribution in [0.2, 0.25) is 0 Å². The van der Waals surface area contributed by atoms with Crippen LogP contribution in [0.5, 0.6) is 0 Å². The lowest BCUT2D eigenvalue weighted by atomic mass is 9.73. The van der Waals surface area contributed by atoms with E-state index in [4.69, 9.17) is 14.0 Å². The first-order valence-corrected chi connectivity index (χ1v) is 14.6. The third-order valence-corrected chi connectivity index (χ3v) is 8.90. The summed E-state index contributed by atoms with van der Waals surface area (Å²) in [7, 11) is -0.723. The van der Waals surface area contributed by atoms with E-state index < -0.39 is 35.8 Å². The number of hydrogen-bond donors (Lipinski definition) is 1. The smallest absolute Gasteiger partial charge is 0.444 e. The maximum atomic E-state index is 14.8. The highest BCUT2D eigenvalue weighted by molar-refractivity contribution is 6.64. The fraction of sp³-hybridized carbons (Fsp3) is 0.531. The van der Waals surface area contributed by atoms with Crippen LogP contribution in [-0.4, -0.2) is 58.9 Å². The van der Waals surface area contributed by atoms with E-state index >= 15 is 0 Å². The fourth-order valence-corrected chi connectivity index (χ4v) is 6.14. The Labute approximate surface area is 247 Å². The van der Waals surface area contributed by atoms with Crippen LogP contribution in [0.4, 0.5) is 9.18 Å². The Balaban J connectivity index is 1.43. The number of nitrogens with one attached hydrogen (secondary N) is 1. The van der Waals surface area contributed by atoms with Crippen molar-refractivity contribution in [2.24, 2.45) is 0 Å². The molecule has 3 aliphatic rings. The Morgan fingerprint density at radius 3 is 2.21 bits per heavy atom. The Morgan fingerprint density at radius 1 is 1.05 bits per heavy atom. The van der Waals surface area contributed by atoms with Crippen LogP contribution in [0.25, 0.3) is 11.1 Å². The molecule has 2 bridgehead atoms. The van der Waals surface area contributed by atoms with Crippen LogP contribution < -0.4 is 10.8 Å². The summed E-state index contributed by atoms with van der Waals surface area (Å²) in [5.74, 6) is -0.738. The number of alkyl carbamates (subject to hydrolysis) is 1. The number of rotatable bonds is 4. The zero-order valence-electron chi connectivity index (χ0n) is 25.4. The van der Waals surface area contributed by atoms with Crippen LogP contribution in [-0.2, 0) is 14.0 Å². The Kier molecular flexibility index (Phi) is 7.65. The van der Waals surface area contributed by atoms with Gasteiger partial charge in [-0.15, -0.1) is 0 Å². The van der Waals surface area contributed by atoms with Crippen molar-refractivity contribution in [1.82, 2.24) is 10.2 Å². The second kappa shape index (κ2) is 10.7. The van der Waals surface area contributed by atoms with Crippen molar-refractivity contribution in [2.45, 2.75) is 109 Å². The monoisotopic (exact) mass is 575 g/mol. The zero-order chi connectivity index (χ0) is 30.6. The average molecular weight is 575 g/mol. The first-order valence-electron chi connectivity index (χ1n) is 14.6. The van der Waals surface area contributed by atoms with E-state index in [1.807, 2.05) is 65.5 Å². The number of fused-ring (bicyclic) bond motifs is 2. The summed E-state index contributed by atoms with van der Waals surface area (Å²) in [5.41, 5.74) is 0.477. The molecule has 3 fully saturated rings. The van der Waals surface area contributed by atoms with E-state index in [0.29, 0.717) is 35.0 Å². The molecule has 10 heteroatoms. The minimum Gasteiger partial charge on any atom is -0.444 e. The topological polar surface area (TPSA) is 101 Å². The average Bonchev–Trinajstić information content (AvgIpc) is 3.28. The normalized spacial score (nSPS) is 24.3. The van der Waals surface area contributed by atoms with Gasteiger partial charge in [-0.25, -0.2) is 9.18 Å². The van der Waals surface area contributed by atoms with Crippen LogP contribution in [0.1, 0.15) is 90.1 Å². The van der Waals surface area contributed by atoms with Crippen molar-refractivity contribution in [3.05, 3.63) is 53.3 Å². The van der Waals surface area contributed by atoms with E-state index in [1.54, 1.807) is 18.2 Å². The molecule has 1 N–H and O–H groups in total. The number of nitrogens with zero attached hydrogens (tertiary/aromatic N) is 2. The van der Waals surface area contributed by atoms with Gasteiger partial charge in [0.05, 0.1) is 16.8 Å². The zero-order valence-corrected chi connectivity index (χ0v) is 25.4. The molecular weight excluding hydrogens is 536 g/mol. The summed E-state index contributed by atoms with van der Waals surface area (Å²) in [5, 5.41) is 12.2. The van der Waals surface area contributed by atoms with Gasteiger partial charge >= 0.3 is 13.2 Å². The predicted octanol–water partition coefficient (Wildman–Crippen LogP) is 5.32. The molecule has 8 nitrogen and oxygen atoms in total. The molecule has 0 aliphatic carbocycles. The molecule has 42 heavy (non-hydrogen) atoms. The number of piperidine rings is 1.